The second-order valence-corrected chi connectivity index (χ2v) is 7.29. The summed E-state index contributed by atoms with van der Waals surface area (Å²) in [6.07, 6.45) is 1.84. The van der Waals surface area contributed by atoms with Gasteiger partial charge in [-0.25, -0.2) is 4.98 Å². The van der Waals surface area contributed by atoms with Crippen molar-refractivity contribution < 1.29 is 0 Å². The molecule has 4 aromatic rings. The normalized spacial score (nSPS) is 11.3. The van der Waals surface area contributed by atoms with Gasteiger partial charge in [0.05, 0.1) is 16.4 Å². The van der Waals surface area contributed by atoms with E-state index in [2.05, 4.69) is 16.0 Å². The molecule has 5 heteroatoms. The number of thiazole rings is 1. The number of hydrogen-bond acceptors (Lipinski definition) is 4. The number of fused-ring (bicyclic) bond motifs is 3. The van der Waals surface area contributed by atoms with E-state index in [-0.39, 0.29) is 0 Å². The van der Waals surface area contributed by atoms with Crippen molar-refractivity contribution in [3.63, 3.8) is 0 Å². The molecular weight excluding hydrogens is 320 g/mol. The van der Waals surface area contributed by atoms with Crippen molar-refractivity contribution in [3.05, 3.63) is 59.8 Å². The molecule has 2 heterocycles. The zero-order valence-corrected chi connectivity index (χ0v) is 13.2. The Labute approximate surface area is 134 Å². The van der Waals surface area contributed by atoms with Gasteiger partial charge in [-0.15, -0.1) is 11.3 Å². The van der Waals surface area contributed by atoms with Crippen molar-refractivity contribution in [2.45, 2.75) is 9.24 Å². The molecule has 0 saturated heterocycles. The molecule has 102 valence electrons. The molecule has 4 rings (SSSR count). The average Bonchev–Trinajstić information content (AvgIpc) is 2.90. The fourth-order valence-corrected chi connectivity index (χ4v) is 4.62. The standard InChI is InChI=1S/C16H9ClN2S2/c17-10-4-3-5-11(8-10)20-16-19-14-9-18-13-7-2-1-6-12(13)15(14)21-16/h1-9H. The summed E-state index contributed by atoms with van der Waals surface area (Å²) in [6.45, 7) is 0. The molecule has 2 aromatic heterocycles. The van der Waals surface area contributed by atoms with Crippen molar-refractivity contribution in [1.82, 2.24) is 9.97 Å². The third-order valence-corrected chi connectivity index (χ3v) is 5.50. The highest BCUT2D eigenvalue weighted by Gasteiger charge is 2.09. The molecule has 0 aliphatic carbocycles. The Morgan fingerprint density at radius 1 is 1.00 bits per heavy atom. The number of aromatic nitrogens is 2. The van der Waals surface area contributed by atoms with Gasteiger partial charge in [0.15, 0.2) is 4.34 Å². The Hall–Kier alpha value is -1.62. The van der Waals surface area contributed by atoms with E-state index in [1.165, 1.54) is 4.70 Å². The lowest BCUT2D eigenvalue weighted by atomic mass is 10.2. The van der Waals surface area contributed by atoms with Crippen molar-refractivity contribution in [3.8, 4) is 0 Å². The number of hydrogen-bond donors (Lipinski definition) is 0. The van der Waals surface area contributed by atoms with Crippen LogP contribution in [-0.2, 0) is 0 Å². The summed E-state index contributed by atoms with van der Waals surface area (Å²) in [5.41, 5.74) is 1.95. The zero-order chi connectivity index (χ0) is 14.2. The first-order valence-electron chi connectivity index (χ1n) is 6.37. The van der Waals surface area contributed by atoms with Gasteiger partial charge >= 0.3 is 0 Å². The van der Waals surface area contributed by atoms with Crippen LogP contribution in [0.15, 0.2) is 64.0 Å². The summed E-state index contributed by atoms with van der Waals surface area (Å²) in [4.78, 5) is 10.2. The molecule has 0 amide bonds. The van der Waals surface area contributed by atoms with Crippen LogP contribution in [0.5, 0.6) is 0 Å². The van der Waals surface area contributed by atoms with E-state index < -0.39 is 0 Å². The first-order valence-corrected chi connectivity index (χ1v) is 8.38. The van der Waals surface area contributed by atoms with Gasteiger partial charge in [0.25, 0.3) is 0 Å². The predicted octanol–water partition coefficient (Wildman–Crippen LogP) is 5.65. The minimum Gasteiger partial charge on any atom is -0.254 e. The third-order valence-electron chi connectivity index (χ3n) is 3.11. The van der Waals surface area contributed by atoms with E-state index in [0.717, 1.165) is 30.7 Å². The van der Waals surface area contributed by atoms with Crippen LogP contribution in [0.3, 0.4) is 0 Å². The molecule has 0 aliphatic heterocycles. The van der Waals surface area contributed by atoms with Crippen LogP contribution in [0, 0.1) is 0 Å². The summed E-state index contributed by atoms with van der Waals surface area (Å²) >= 11 is 9.36. The Bertz CT molecular complexity index is 949. The molecule has 0 saturated carbocycles. The molecule has 21 heavy (non-hydrogen) atoms. The van der Waals surface area contributed by atoms with Crippen LogP contribution in [0.4, 0.5) is 0 Å². The van der Waals surface area contributed by atoms with Crippen LogP contribution >= 0.6 is 34.7 Å². The number of pyridine rings is 1. The second kappa shape index (κ2) is 5.30. The number of nitrogens with zero attached hydrogens (tertiary/aromatic N) is 2. The number of rotatable bonds is 2. The monoisotopic (exact) mass is 328 g/mol. The lowest BCUT2D eigenvalue weighted by Crippen LogP contribution is -1.78. The van der Waals surface area contributed by atoms with E-state index in [1.807, 2.05) is 48.7 Å². The first-order chi connectivity index (χ1) is 10.3. The number of halogens is 1. The van der Waals surface area contributed by atoms with Gasteiger partial charge in [-0.2, -0.15) is 0 Å². The van der Waals surface area contributed by atoms with Gasteiger partial charge in [0, 0.05) is 15.3 Å². The molecule has 0 spiro atoms. The fourth-order valence-electron chi connectivity index (χ4n) is 2.18. The SMILES string of the molecule is Clc1cccc(Sc2nc3cnc4ccccc4c3s2)c1. The Morgan fingerprint density at radius 2 is 1.90 bits per heavy atom. The molecule has 0 unspecified atom stereocenters. The second-order valence-electron chi connectivity index (χ2n) is 4.53. The maximum atomic E-state index is 6.03. The maximum Gasteiger partial charge on any atom is 0.156 e. The molecule has 0 atom stereocenters. The highest BCUT2D eigenvalue weighted by atomic mass is 35.5. The van der Waals surface area contributed by atoms with Gasteiger partial charge in [0.1, 0.15) is 5.52 Å². The number of benzene rings is 2. The highest BCUT2D eigenvalue weighted by molar-refractivity contribution is 8.01. The summed E-state index contributed by atoms with van der Waals surface area (Å²) in [5, 5.41) is 1.90. The minimum absolute atomic E-state index is 0.744. The molecule has 0 bridgehead atoms. The van der Waals surface area contributed by atoms with E-state index in [0.29, 0.717) is 0 Å². The van der Waals surface area contributed by atoms with Crippen molar-refractivity contribution in [2.75, 3.05) is 0 Å². The first kappa shape index (κ1) is 13.1. The zero-order valence-electron chi connectivity index (χ0n) is 10.8. The van der Waals surface area contributed by atoms with E-state index >= 15 is 0 Å². The van der Waals surface area contributed by atoms with Crippen LogP contribution in [0.1, 0.15) is 0 Å². The van der Waals surface area contributed by atoms with E-state index in [9.17, 15) is 0 Å². The van der Waals surface area contributed by atoms with Gasteiger partial charge in [-0.05, 0) is 24.3 Å². The lowest BCUT2D eigenvalue weighted by Gasteiger charge is -1.97. The van der Waals surface area contributed by atoms with Crippen molar-refractivity contribution >= 4 is 55.8 Å². The van der Waals surface area contributed by atoms with Gasteiger partial charge in [-0.1, -0.05) is 47.6 Å². The average molecular weight is 329 g/mol. The summed E-state index contributed by atoms with van der Waals surface area (Å²) in [7, 11) is 0. The molecular formula is C16H9ClN2S2. The molecule has 2 nitrogen and oxygen atoms in total. The lowest BCUT2D eigenvalue weighted by molar-refractivity contribution is 1.28. The van der Waals surface area contributed by atoms with Crippen molar-refractivity contribution in [1.29, 1.82) is 0 Å². The Balaban J connectivity index is 1.82. The largest absolute Gasteiger partial charge is 0.254 e. The quantitative estimate of drug-likeness (QED) is 0.475. The maximum absolute atomic E-state index is 6.03. The summed E-state index contributed by atoms with van der Waals surface area (Å²) in [5.74, 6) is 0. The Kier molecular flexibility index (Phi) is 3.30. The van der Waals surface area contributed by atoms with Crippen molar-refractivity contribution in [2.24, 2.45) is 0 Å². The van der Waals surface area contributed by atoms with Crippen LogP contribution in [-0.4, -0.2) is 9.97 Å². The molecule has 0 aliphatic rings. The van der Waals surface area contributed by atoms with Crippen LogP contribution in [0.25, 0.3) is 21.1 Å². The fraction of sp³-hybridized carbons (Fsp3) is 0. The molecule has 0 radical (unpaired) electrons. The Morgan fingerprint density at radius 3 is 2.81 bits per heavy atom. The van der Waals surface area contributed by atoms with Gasteiger partial charge in [0.2, 0.25) is 0 Å². The van der Waals surface area contributed by atoms with Crippen LogP contribution in [0.2, 0.25) is 5.02 Å². The highest BCUT2D eigenvalue weighted by Crippen LogP contribution is 2.37. The summed E-state index contributed by atoms with van der Waals surface area (Å²) < 4.78 is 2.19. The van der Waals surface area contributed by atoms with Gasteiger partial charge < -0.3 is 0 Å². The smallest absolute Gasteiger partial charge is 0.156 e. The predicted molar refractivity (Wildman–Crippen MR) is 90.5 cm³/mol. The molecule has 2 aromatic carbocycles. The topological polar surface area (TPSA) is 25.8 Å². The molecule has 0 N–H and O–H groups in total. The van der Waals surface area contributed by atoms with Gasteiger partial charge in [-0.3, -0.25) is 4.98 Å². The minimum atomic E-state index is 0.744. The third kappa shape index (κ3) is 2.50. The van der Waals surface area contributed by atoms with E-state index in [4.69, 9.17) is 11.6 Å². The number of para-hydroxylation sites is 1. The van der Waals surface area contributed by atoms with Crippen LogP contribution < -0.4 is 0 Å². The van der Waals surface area contributed by atoms with E-state index in [1.54, 1.807) is 23.1 Å². The summed E-state index contributed by atoms with van der Waals surface area (Å²) in [6, 6.07) is 16.0. The molecule has 0 fully saturated rings.